The summed E-state index contributed by atoms with van der Waals surface area (Å²) >= 11 is 0. The van der Waals surface area contributed by atoms with E-state index in [4.69, 9.17) is 0 Å². The SMILES string of the molecule is CCC[C@@H](NCc1cn(Cc2ccc(F)cc2)c2ccccc12)c1ccccc1. The zero-order valence-electron chi connectivity index (χ0n) is 16.8. The second-order valence-electron chi connectivity index (χ2n) is 7.56. The topological polar surface area (TPSA) is 17.0 Å². The maximum absolute atomic E-state index is 13.2. The average molecular weight is 387 g/mol. The van der Waals surface area contributed by atoms with E-state index < -0.39 is 0 Å². The van der Waals surface area contributed by atoms with Crippen LogP contribution in [0.15, 0.2) is 85.1 Å². The van der Waals surface area contributed by atoms with Crippen LogP contribution in [-0.4, -0.2) is 4.57 Å². The van der Waals surface area contributed by atoms with Crippen molar-refractivity contribution in [1.82, 2.24) is 9.88 Å². The molecule has 0 amide bonds. The Kier molecular flexibility index (Phi) is 6.06. The predicted molar refractivity (Wildman–Crippen MR) is 118 cm³/mol. The van der Waals surface area contributed by atoms with Crippen LogP contribution in [0.2, 0.25) is 0 Å². The van der Waals surface area contributed by atoms with Crippen molar-refractivity contribution in [1.29, 1.82) is 0 Å². The molecule has 0 radical (unpaired) electrons. The number of halogens is 1. The number of hydrogen-bond acceptors (Lipinski definition) is 1. The van der Waals surface area contributed by atoms with Crippen molar-refractivity contribution in [3.05, 3.63) is 108 Å². The summed E-state index contributed by atoms with van der Waals surface area (Å²) in [7, 11) is 0. The van der Waals surface area contributed by atoms with Crippen LogP contribution in [0, 0.1) is 5.82 Å². The van der Waals surface area contributed by atoms with E-state index in [0.717, 1.165) is 31.5 Å². The summed E-state index contributed by atoms with van der Waals surface area (Å²) in [5.74, 6) is -0.195. The van der Waals surface area contributed by atoms with Gasteiger partial charge in [-0.2, -0.15) is 0 Å². The molecule has 1 aromatic heterocycles. The van der Waals surface area contributed by atoms with E-state index in [9.17, 15) is 4.39 Å². The second-order valence-corrected chi connectivity index (χ2v) is 7.56. The van der Waals surface area contributed by atoms with Crippen LogP contribution in [0.1, 0.15) is 42.5 Å². The Hall–Kier alpha value is -2.91. The van der Waals surface area contributed by atoms with Gasteiger partial charge in [0.25, 0.3) is 0 Å². The lowest BCUT2D eigenvalue weighted by molar-refractivity contribution is 0.494. The quantitative estimate of drug-likeness (QED) is 0.368. The molecular formula is C26H27FN2. The first-order chi connectivity index (χ1) is 14.2. The second kappa shape index (κ2) is 9.06. The molecule has 0 saturated heterocycles. The monoisotopic (exact) mass is 386 g/mol. The minimum absolute atomic E-state index is 0.195. The Morgan fingerprint density at radius 1 is 0.897 bits per heavy atom. The maximum atomic E-state index is 13.2. The Morgan fingerprint density at radius 3 is 2.38 bits per heavy atom. The average Bonchev–Trinajstić information content (AvgIpc) is 3.11. The van der Waals surface area contributed by atoms with E-state index >= 15 is 0 Å². The van der Waals surface area contributed by atoms with Gasteiger partial charge in [0.2, 0.25) is 0 Å². The van der Waals surface area contributed by atoms with Crippen molar-refractivity contribution < 1.29 is 4.39 Å². The minimum Gasteiger partial charge on any atom is -0.343 e. The number of rotatable bonds is 8. The fraction of sp³-hybridized carbons (Fsp3) is 0.231. The first-order valence-corrected chi connectivity index (χ1v) is 10.3. The van der Waals surface area contributed by atoms with Gasteiger partial charge >= 0.3 is 0 Å². The number of fused-ring (bicyclic) bond motifs is 1. The molecule has 0 unspecified atom stereocenters. The predicted octanol–water partition coefficient (Wildman–Crippen LogP) is 6.46. The summed E-state index contributed by atoms with van der Waals surface area (Å²) in [5, 5.41) is 5.04. The van der Waals surface area contributed by atoms with Gasteiger partial charge in [0.1, 0.15) is 5.82 Å². The van der Waals surface area contributed by atoms with Crippen molar-refractivity contribution >= 4 is 10.9 Å². The van der Waals surface area contributed by atoms with Crippen molar-refractivity contribution in [2.24, 2.45) is 0 Å². The van der Waals surface area contributed by atoms with Crippen LogP contribution in [0.4, 0.5) is 4.39 Å². The van der Waals surface area contributed by atoms with E-state index in [1.54, 1.807) is 0 Å². The maximum Gasteiger partial charge on any atom is 0.123 e. The largest absolute Gasteiger partial charge is 0.343 e. The molecule has 0 fully saturated rings. The van der Waals surface area contributed by atoms with Gasteiger partial charge in [0.15, 0.2) is 0 Å². The zero-order valence-corrected chi connectivity index (χ0v) is 16.8. The van der Waals surface area contributed by atoms with Crippen LogP contribution in [0.25, 0.3) is 10.9 Å². The smallest absolute Gasteiger partial charge is 0.123 e. The van der Waals surface area contributed by atoms with Gasteiger partial charge in [-0.25, -0.2) is 4.39 Å². The molecule has 2 nitrogen and oxygen atoms in total. The molecule has 0 spiro atoms. The standard InChI is InChI=1S/C26H27FN2/c1-2-8-25(21-9-4-3-5-10-21)28-17-22-19-29(26-12-7-6-11-24(22)26)18-20-13-15-23(27)16-14-20/h3-7,9-16,19,25,28H,2,8,17-18H2,1H3/t25-/m1/s1. The van der Waals surface area contributed by atoms with E-state index in [-0.39, 0.29) is 5.82 Å². The van der Waals surface area contributed by atoms with Crippen LogP contribution in [0.5, 0.6) is 0 Å². The molecule has 0 aliphatic heterocycles. The Balaban J connectivity index is 1.58. The normalized spacial score (nSPS) is 12.3. The third-order valence-corrected chi connectivity index (χ3v) is 5.46. The number of hydrogen-bond donors (Lipinski definition) is 1. The molecule has 4 aromatic rings. The van der Waals surface area contributed by atoms with Gasteiger partial charge in [-0.15, -0.1) is 0 Å². The molecule has 1 N–H and O–H groups in total. The van der Waals surface area contributed by atoms with Gasteiger partial charge in [-0.3, -0.25) is 0 Å². The highest BCUT2D eigenvalue weighted by Gasteiger charge is 2.13. The van der Waals surface area contributed by atoms with Crippen molar-refractivity contribution in [2.45, 2.75) is 38.9 Å². The van der Waals surface area contributed by atoms with Gasteiger partial charge in [0.05, 0.1) is 0 Å². The zero-order chi connectivity index (χ0) is 20.1. The summed E-state index contributed by atoms with van der Waals surface area (Å²) in [5.41, 5.74) is 4.93. The fourth-order valence-corrected chi connectivity index (χ4v) is 3.97. The lowest BCUT2D eigenvalue weighted by Gasteiger charge is -2.18. The highest BCUT2D eigenvalue weighted by Crippen LogP contribution is 2.25. The molecule has 29 heavy (non-hydrogen) atoms. The lowest BCUT2D eigenvalue weighted by Crippen LogP contribution is -2.20. The third kappa shape index (κ3) is 4.57. The molecule has 0 saturated carbocycles. The number of aromatic nitrogens is 1. The molecule has 3 heteroatoms. The highest BCUT2D eigenvalue weighted by atomic mass is 19.1. The van der Waals surface area contributed by atoms with Crippen molar-refractivity contribution in [3.63, 3.8) is 0 Å². The third-order valence-electron chi connectivity index (χ3n) is 5.46. The number of nitrogens with one attached hydrogen (secondary N) is 1. The molecule has 4 rings (SSSR count). The number of nitrogens with zero attached hydrogens (tertiary/aromatic N) is 1. The summed E-state index contributed by atoms with van der Waals surface area (Å²) in [6.45, 7) is 3.78. The first-order valence-electron chi connectivity index (χ1n) is 10.3. The molecule has 1 atom stereocenters. The van der Waals surface area contributed by atoms with E-state index in [0.29, 0.717) is 6.04 Å². The Labute approximate surface area is 172 Å². The van der Waals surface area contributed by atoms with Crippen molar-refractivity contribution in [2.75, 3.05) is 0 Å². The summed E-state index contributed by atoms with van der Waals surface area (Å²) in [6, 6.07) is 26.3. The molecule has 1 heterocycles. The van der Waals surface area contributed by atoms with Crippen LogP contribution < -0.4 is 5.32 Å². The van der Waals surface area contributed by atoms with E-state index in [1.165, 1.54) is 34.2 Å². The fourth-order valence-electron chi connectivity index (χ4n) is 3.97. The molecule has 3 aromatic carbocycles. The molecule has 0 bridgehead atoms. The van der Waals surface area contributed by atoms with E-state index in [1.807, 2.05) is 12.1 Å². The summed E-state index contributed by atoms with van der Waals surface area (Å²) < 4.78 is 15.5. The lowest BCUT2D eigenvalue weighted by atomic mass is 10.0. The van der Waals surface area contributed by atoms with Crippen LogP contribution >= 0.6 is 0 Å². The minimum atomic E-state index is -0.195. The Bertz CT molecular complexity index is 1050. The number of para-hydroxylation sites is 1. The van der Waals surface area contributed by atoms with Gasteiger partial charge in [-0.05, 0) is 41.3 Å². The Morgan fingerprint density at radius 2 is 1.62 bits per heavy atom. The van der Waals surface area contributed by atoms with Gasteiger partial charge in [-0.1, -0.05) is 74.0 Å². The molecule has 0 aliphatic carbocycles. The molecule has 0 aliphatic rings. The highest BCUT2D eigenvalue weighted by molar-refractivity contribution is 5.84. The molecular weight excluding hydrogens is 359 g/mol. The first kappa shape index (κ1) is 19.4. The summed E-state index contributed by atoms with van der Waals surface area (Å²) in [6.07, 6.45) is 4.48. The van der Waals surface area contributed by atoms with Crippen molar-refractivity contribution in [3.8, 4) is 0 Å². The van der Waals surface area contributed by atoms with Gasteiger partial charge in [0, 0.05) is 36.2 Å². The van der Waals surface area contributed by atoms with E-state index in [2.05, 4.69) is 77.6 Å². The van der Waals surface area contributed by atoms with Crippen LogP contribution in [-0.2, 0) is 13.1 Å². The summed E-state index contributed by atoms with van der Waals surface area (Å²) in [4.78, 5) is 0. The molecule has 148 valence electrons. The number of benzene rings is 3. The van der Waals surface area contributed by atoms with Gasteiger partial charge < -0.3 is 9.88 Å². The van der Waals surface area contributed by atoms with Crippen LogP contribution in [0.3, 0.4) is 0 Å².